The molecule has 2 aromatic carbocycles. The number of likely N-dealkylation sites (N-methyl/N-ethyl adjacent to an activating group) is 1. The molecule has 0 spiro atoms. The first kappa shape index (κ1) is 15.9. The highest BCUT2D eigenvalue weighted by atomic mass is 127. The van der Waals surface area contributed by atoms with Gasteiger partial charge in [0.1, 0.15) is 5.82 Å². The fraction of sp³-hybridized carbons (Fsp3) is 0.250. The van der Waals surface area contributed by atoms with Crippen LogP contribution in [0.3, 0.4) is 0 Å². The van der Waals surface area contributed by atoms with Crippen LogP contribution in [0.2, 0.25) is 0 Å². The fourth-order valence-electron chi connectivity index (χ4n) is 2.17. The zero-order valence-electron chi connectivity index (χ0n) is 11.2. The molecule has 1 unspecified atom stereocenters. The normalized spacial score (nSPS) is 12.4. The lowest BCUT2D eigenvalue weighted by molar-refractivity contribution is 0.545. The number of benzene rings is 2. The molecule has 1 atom stereocenters. The molecule has 4 heteroatoms. The van der Waals surface area contributed by atoms with Crippen molar-refractivity contribution in [1.29, 1.82) is 0 Å². The summed E-state index contributed by atoms with van der Waals surface area (Å²) in [6, 6.07) is 13.5. The topological polar surface area (TPSA) is 12.0 Å². The van der Waals surface area contributed by atoms with Crippen molar-refractivity contribution in [1.82, 2.24) is 5.32 Å². The Morgan fingerprint density at radius 2 is 1.90 bits per heavy atom. The zero-order valence-corrected chi connectivity index (χ0v) is 14.9. The van der Waals surface area contributed by atoms with Crippen molar-refractivity contribution in [2.75, 3.05) is 6.54 Å². The summed E-state index contributed by atoms with van der Waals surface area (Å²) >= 11 is 5.80. The highest BCUT2D eigenvalue weighted by Gasteiger charge is 2.13. The zero-order chi connectivity index (χ0) is 14.5. The lowest BCUT2D eigenvalue weighted by atomic mass is 9.99. The second kappa shape index (κ2) is 7.52. The van der Waals surface area contributed by atoms with Gasteiger partial charge in [0.15, 0.2) is 0 Å². The summed E-state index contributed by atoms with van der Waals surface area (Å²) in [6.45, 7) is 2.96. The number of nitrogens with one attached hydrogen (secondary N) is 1. The highest BCUT2D eigenvalue weighted by Crippen LogP contribution is 2.25. The monoisotopic (exact) mass is 447 g/mol. The molecule has 1 N–H and O–H groups in total. The van der Waals surface area contributed by atoms with E-state index in [4.69, 9.17) is 0 Å². The van der Waals surface area contributed by atoms with E-state index in [0.717, 1.165) is 23.0 Å². The van der Waals surface area contributed by atoms with Crippen molar-refractivity contribution in [2.45, 2.75) is 19.4 Å². The van der Waals surface area contributed by atoms with Crippen LogP contribution in [0.5, 0.6) is 0 Å². The maximum atomic E-state index is 13.4. The summed E-state index contributed by atoms with van der Waals surface area (Å²) in [4.78, 5) is 0. The molecule has 0 radical (unpaired) electrons. The smallest absolute Gasteiger partial charge is 0.123 e. The Bertz CT molecular complexity index is 571. The van der Waals surface area contributed by atoms with E-state index in [9.17, 15) is 4.39 Å². The molecule has 0 aliphatic rings. The van der Waals surface area contributed by atoms with Crippen molar-refractivity contribution in [3.8, 4) is 0 Å². The average molecular weight is 448 g/mol. The molecular formula is C16H16BrFIN. The van der Waals surface area contributed by atoms with Crippen molar-refractivity contribution in [3.63, 3.8) is 0 Å². The average Bonchev–Trinajstić information content (AvgIpc) is 2.43. The van der Waals surface area contributed by atoms with Gasteiger partial charge in [-0.15, -0.1) is 0 Å². The minimum Gasteiger partial charge on any atom is -0.310 e. The van der Waals surface area contributed by atoms with Crippen molar-refractivity contribution in [3.05, 3.63) is 67.5 Å². The standard InChI is InChI=1S/C16H16BrFIN/c1-2-20-16(11-3-6-14(19)7-4-11)10-12-9-13(18)5-8-15(12)17/h3-9,16,20H,2,10H2,1H3. The Balaban J connectivity index is 2.25. The largest absolute Gasteiger partial charge is 0.310 e. The molecule has 0 amide bonds. The molecule has 0 saturated heterocycles. The molecule has 20 heavy (non-hydrogen) atoms. The number of hydrogen-bond donors (Lipinski definition) is 1. The van der Waals surface area contributed by atoms with E-state index in [2.05, 4.69) is 75.0 Å². The third-order valence-corrected chi connectivity index (χ3v) is 4.65. The molecule has 0 fully saturated rings. The van der Waals surface area contributed by atoms with Crippen LogP contribution in [0.25, 0.3) is 0 Å². The Hall–Kier alpha value is -0.460. The third kappa shape index (κ3) is 4.27. The summed E-state index contributed by atoms with van der Waals surface area (Å²) < 4.78 is 15.6. The number of rotatable bonds is 5. The molecule has 106 valence electrons. The van der Waals surface area contributed by atoms with Gasteiger partial charge in [0.25, 0.3) is 0 Å². The van der Waals surface area contributed by atoms with E-state index in [1.54, 1.807) is 12.1 Å². The fourth-order valence-corrected chi connectivity index (χ4v) is 2.94. The van der Waals surface area contributed by atoms with Crippen LogP contribution in [-0.2, 0) is 6.42 Å². The van der Waals surface area contributed by atoms with Gasteiger partial charge in [-0.2, -0.15) is 0 Å². The predicted molar refractivity (Wildman–Crippen MR) is 93.4 cm³/mol. The van der Waals surface area contributed by atoms with E-state index < -0.39 is 0 Å². The van der Waals surface area contributed by atoms with Gasteiger partial charge in [-0.05, 0) is 77.0 Å². The quantitative estimate of drug-likeness (QED) is 0.629. The van der Waals surface area contributed by atoms with Crippen LogP contribution in [-0.4, -0.2) is 6.54 Å². The van der Waals surface area contributed by atoms with Crippen LogP contribution < -0.4 is 5.32 Å². The van der Waals surface area contributed by atoms with E-state index in [1.807, 2.05) is 0 Å². The number of halogens is 3. The molecule has 0 aliphatic carbocycles. The summed E-state index contributed by atoms with van der Waals surface area (Å²) in [5, 5.41) is 3.47. The summed E-state index contributed by atoms with van der Waals surface area (Å²) in [7, 11) is 0. The van der Waals surface area contributed by atoms with E-state index >= 15 is 0 Å². The molecule has 0 bridgehead atoms. The van der Waals surface area contributed by atoms with E-state index in [0.29, 0.717) is 0 Å². The molecule has 2 rings (SSSR count). The van der Waals surface area contributed by atoms with E-state index in [-0.39, 0.29) is 11.9 Å². The van der Waals surface area contributed by atoms with Gasteiger partial charge in [-0.3, -0.25) is 0 Å². The van der Waals surface area contributed by atoms with Crippen molar-refractivity contribution >= 4 is 38.5 Å². The summed E-state index contributed by atoms with van der Waals surface area (Å²) in [5.41, 5.74) is 2.21. The molecule has 0 aromatic heterocycles. The van der Waals surface area contributed by atoms with Gasteiger partial charge in [0, 0.05) is 14.1 Å². The van der Waals surface area contributed by atoms with Gasteiger partial charge >= 0.3 is 0 Å². The molecule has 2 aromatic rings. The first-order valence-electron chi connectivity index (χ1n) is 6.53. The van der Waals surface area contributed by atoms with Crippen LogP contribution in [0.15, 0.2) is 46.9 Å². The van der Waals surface area contributed by atoms with Gasteiger partial charge in [0.2, 0.25) is 0 Å². The number of hydrogen-bond acceptors (Lipinski definition) is 1. The van der Waals surface area contributed by atoms with Crippen LogP contribution in [0.1, 0.15) is 24.1 Å². The van der Waals surface area contributed by atoms with Crippen molar-refractivity contribution < 1.29 is 4.39 Å². The maximum absolute atomic E-state index is 13.4. The Kier molecular flexibility index (Phi) is 5.99. The predicted octanol–water partition coefficient (Wildman–Crippen LogP) is 5.09. The molecular weight excluding hydrogens is 432 g/mol. The minimum absolute atomic E-state index is 0.190. The Labute approximate surface area is 141 Å². The van der Waals surface area contributed by atoms with Crippen LogP contribution in [0, 0.1) is 9.39 Å². The molecule has 0 heterocycles. The SMILES string of the molecule is CCNC(Cc1cc(F)ccc1Br)c1ccc(I)cc1. The second-order valence-electron chi connectivity index (χ2n) is 4.60. The first-order chi connectivity index (χ1) is 9.60. The van der Waals surface area contributed by atoms with Gasteiger partial charge in [-0.1, -0.05) is 35.0 Å². The Morgan fingerprint density at radius 3 is 2.55 bits per heavy atom. The second-order valence-corrected chi connectivity index (χ2v) is 6.70. The minimum atomic E-state index is -0.193. The Morgan fingerprint density at radius 1 is 1.20 bits per heavy atom. The highest BCUT2D eigenvalue weighted by molar-refractivity contribution is 14.1. The molecule has 0 aliphatic heterocycles. The van der Waals surface area contributed by atoms with Gasteiger partial charge in [-0.25, -0.2) is 4.39 Å². The molecule has 0 saturated carbocycles. The van der Waals surface area contributed by atoms with Gasteiger partial charge in [0.05, 0.1) is 0 Å². The van der Waals surface area contributed by atoms with Crippen LogP contribution in [0.4, 0.5) is 4.39 Å². The lowest BCUT2D eigenvalue weighted by Crippen LogP contribution is -2.23. The lowest BCUT2D eigenvalue weighted by Gasteiger charge is -2.19. The summed E-state index contributed by atoms with van der Waals surface area (Å²) in [6.07, 6.45) is 0.757. The maximum Gasteiger partial charge on any atom is 0.123 e. The first-order valence-corrected chi connectivity index (χ1v) is 8.40. The third-order valence-electron chi connectivity index (χ3n) is 3.15. The summed E-state index contributed by atoms with van der Waals surface area (Å²) in [5.74, 6) is -0.193. The van der Waals surface area contributed by atoms with Crippen molar-refractivity contribution in [2.24, 2.45) is 0 Å². The van der Waals surface area contributed by atoms with Gasteiger partial charge < -0.3 is 5.32 Å². The van der Waals surface area contributed by atoms with E-state index in [1.165, 1.54) is 15.2 Å². The van der Waals surface area contributed by atoms with Crippen LogP contribution >= 0.6 is 38.5 Å². The molecule has 1 nitrogen and oxygen atoms in total.